The topological polar surface area (TPSA) is 100 Å². The molecule has 4 rings (SSSR count). The molecule has 2 N–H and O–H groups in total. The Morgan fingerprint density at radius 3 is 2.68 bits per heavy atom. The van der Waals surface area contributed by atoms with Crippen molar-refractivity contribution < 1.29 is 9.00 Å². The van der Waals surface area contributed by atoms with Gasteiger partial charge in [-0.15, -0.1) is 0 Å². The molecule has 1 amide bonds. The second-order valence-electron chi connectivity index (χ2n) is 8.33. The molecule has 0 saturated carbocycles. The number of benzene rings is 1. The molecule has 1 saturated heterocycles. The molecule has 0 bridgehead atoms. The van der Waals surface area contributed by atoms with Gasteiger partial charge in [0.2, 0.25) is 11.9 Å². The zero-order valence-corrected chi connectivity index (χ0v) is 21.5. The minimum Gasteiger partial charge on any atom is -0.342 e. The first kappa shape index (κ1) is 24.3. The highest BCUT2D eigenvalue weighted by atomic mass is 79.9. The molecule has 0 spiro atoms. The van der Waals surface area contributed by atoms with Crippen LogP contribution in [0.4, 0.5) is 23.1 Å². The molecule has 1 aromatic carbocycles. The molecule has 0 aliphatic carbocycles. The lowest BCUT2D eigenvalue weighted by Gasteiger charge is -2.15. The number of para-hydroxylation sites is 1. The van der Waals surface area contributed by atoms with Gasteiger partial charge in [-0.25, -0.2) is 4.98 Å². The highest BCUT2D eigenvalue weighted by molar-refractivity contribution is 9.10. The van der Waals surface area contributed by atoms with Crippen molar-refractivity contribution in [3.8, 4) is 0 Å². The molecule has 34 heavy (non-hydrogen) atoms. The van der Waals surface area contributed by atoms with Crippen molar-refractivity contribution in [1.29, 1.82) is 0 Å². The maximum absolute atomic E-state index is 12.7. The summed E-state index contributed by atoms with van der Waals surface area (Å²) in [5.74, 6) is 1.04. The summed E-state index contributed by atoms with van der Waals surface area (Å²) in [7, 11) is -1.15. The average molecular weight is 543 g/mol. The van der Waals surface area contributed by atoms with Crippen molar-refractivity contribution in [2.24, 2.45) is 0 Å². The Kier molecular flexibility index (Phi) is 7.89. The third-order valence-corrected chi connectivity index (χ3v) is 7.62. The van der Waals surface area contributed by atoms with E-state index in [2.05, 4.69) is 41.5 Å². The first-order valence-electron chi connectivity index (χ1n) is 11.2. The van der Waals surface area contributed by atoms with Crippen molar-refractivity contribution in [2.45, 2.75) is 43.3 Å². The van der Waals surface area contributed by atoms with Crippen LogP contribution in [0.1, 0.15) is 32.3 Å². The summed E-state index contributed by atoms with van der Waals surface area (Å²) in [5, 5.41) is 6.43. The number of rotatable bonds is 8. The number of aromatic nitrogens is 3. The molecule has 1 unspecified atom stereocenters. The molecular weight excluding hydrogens is 516 g/mol. The molecule has 1 atom stereocenters. The van der Waals surface area contributed by atoms with E-state index < -0.39 is 10.8 Å². The standard InChI is InChI=1S/C24H27BrN6O2S/c1-16(2)34(33)21-8-4-3-7-20(21)29-23-19(25)15-27-24(30-23)28-18-11-17(13-26-14-18)12-22(32)31-9-5-6-10-31/h3-4,7-8,11,13-16H,5-6,9-10,12H2,1-2H3,(H2,27,28,29,30). The molecule has 1 aliphatic rings. The van der Waals surface area contributed by atoms with Crippen LogP contribution >= 0.6 is 15.9 Å². The van der Waals surface area contributed by atoms with Crippen LogP contribution in [0, 0.1) is 0 Å². The molecule has 2 aromatic heterocycles. The van der Waals surface area contributed by atoms with Gasteiger partial charge in [-0.1, -0.05) is 26.0 Å². The van der Waals surface area contributed by atoms with E-state index in [4.69, 9.17) is 0 Å². The van der Waals surface area contributed by atoms with Crippen LogP contribution in [0.25, 0.3) is 0 Å². The summed E-state index contributed by atoms with van der Waals surface area (Å²) in [5.41, 5.74) is 2.26. The van der Waals surface area contributed by atoms with Crippen LogP contribution in [0.5, 0.6) is 0 Å². The van der Waals surface area contributed by atoms with E-state index in [1.165, 1.54) is 0 Å². The van der Waals surface area contributed by atoms with Gasteiger partial charge >= 0.3 is 0 Å². The lowest BCUT2D eigenvalue weighted by molar-refractivity contribution is -0.129. The van der Waals surface area contributed by atoms with Gasteiger partial charge in [-0.3, -0.25) is 14.0 Å². The van der Waals surface area contributed by atoms with E-state index in [-0.39, 0.29) is 11.2 Å². The number of likely N-dealkylation sites (tertiary alicyclic amines) is 1. The Labute approximate surface area is 210 Å². The lowest BCUT2D eigenvalue weighted by atomic mass is 10.2. The fourth-order valence-electron chi connectivity index (χ4n) is 3.68. The average Bonchev–Trinajstić information content (AvgIpc) is 3.37. The predicted molar refractivity (Wildman–Crippen MR) is 138 cm³/mol. The summed E-state index contributed by atoms with van der Waals surface area (Å²) < 4.78 is 13.4. The number of nitrogens with zero attached hydrogens (tertiary/aromatic N) is 4. The minimum atomic E-state index is -1.15. The van der Waals surface area contributed by atoms with Crippen LogP contribution in [-0.2, 0) is 22.0 Å². The fourth-order valence-corrected chi connectivity index (χ4v) is 5.02. The van der Waals surface area contributed by atoms with Crippen LogP contribution in [0.15, 0.2) is 58.3 Å². The van der Waals surface area contributed by atoms with Crippen LogP contribution in [-0.4, -0.2) is 48.3 Å². The van der Waals surface area contributed by atoms with Crippen LogP contribution in [0.2, 0.25) is 0 Å². The lowest BCUT2D eigenvalue weighted by Crippen LogP contribution is -2.29. The van der Waals surface area contributed by atoms with Gasteiger partial charge in [0.05, 0.1) is 44.2 Å². The smallest absolute Gasteiger partial charge is 0.229 e. The van der Waals surface area contributed by atoms with Crippen molar-refractivity contribution in [1.82, 2.24) is 19.9 Å². The number of anilines is 4. The van der Waals surface area contributed by atoms with Gasteiger partial charge < -0.3 is 15.5 Å². The molecule has 3 heterocycles. The molecule has 0 radical (unpaired) electrons. The first-order chi connectivity index (χ1) is 16.4. The maximum atomic E-state index is 12.7. The Bertz CT molecular complexity index is 1200. The summed E-state index contributed by atoms with van der Waals surface area (Å²) in [4.78, 5) is 28.3. The maximum Gasteiger partial charge on any atom is 0.229 e. The highest BCUT2D eigenvalue weighted by Crippen LogP contribution is 2.29. The number of carbonyl (C=O) groups excluding carboxylic acids is 1. The van der Waals surface area contributed by atoms with Gasteiger partial charge in [-0.2, -0.15) is 4.98 Å². The molecule has 8 nitrogen and oxygen atoms in total. The number of halogens is 1. The molecule has 10 heteroatoms. The second-order valence-corrected chi connectivity index (χ2v) is 11.2. The number of pyridine rings is 1. The van der Waals surface area contributed by atoms with E-state index in [1.807, 2.05) is 49.1 Å². The van der Waals surface area contributed by atoms with Gasteiger partial charge in [0.25, 0.3) is 0 Å². The van der Waals surface area contributed by atoms with E-state index in [0.717, 1.165) is 42.1 Å². The number of hydrogen-bond donors (Lipinski definition) is 2. The van der Waals surface area contributed by atoms with E-state index in [9.17, 15) is 9.00 Å². The monoisotopic (exact) mass is 542 g/mol. The molecule has 3 aromatic rings. The van der Waals surface area contributed by atoms with Gasteiger partial charge in [0, 0.05) is 30.7 Å². The third-order valence-electron chi connectivity index (χ3n) is 5.39. The minimum absolute atomic E-state index is 0.00820. The summed E-state index contributed by atoms with van der Waals surface area (Å²) in [6.45, 7) is 5.52. The second kappa shape index (κ2) is 11.1. The Morgan fingerprint density at radius 2 is 1.91 bits per heavy atom. The van der Waals surface area contributed by atoms with Crippen molar-refractivity contribution in [2.75, 3.05) is 23.7 Å². The van der Waals surface area contributed by atoms with E-state index in [1.54, 1.807) is 18.6 Å². The third kappa shape index (κ3) is 5.98. The van der Waals surface area contributed by atoms with Crippen molar-refractivity contribution in [3.05, 3.63) is 59.0 Å². The summed E-state index contributed by atoms with van der Waals surface area (Å²) in [6.07, 6.45) is 7.49. The molecular formula is C24H27BrN6O2S. The SMILES string of the molecule is CC(C)S(=O)c1ccccc1Nc1nc(Nc2cncc(CC(=O)N3CCCC3)c2)ncc1Br. The number of amides is 1. The Balaban J connectivity index is 1.50. The Hall–Kier alpha value is -2.85. The molecule has 1 fully saturated rings. The normalized spacial score (nSPS) is 14.3. The van der Waals surface area contributed by atoms with Crippen LogP contribution < -0.4 is 10.6 Å². The summed E-state index contributed by atoms with van der Waals surface area (Å²) >= 11 is 3.49. The van der Waals surface area contributed by atoms with E-state index in [0.29, 0.717) is 28.3 Å². The zero-order chi connectivity index (χ0) is 24.1. The first-order valence-corrected chi connectivity index (χ1v) is 13.2. The number of carbonyl (C=O) groups is 1. The molecule has 1 aliphatic heterocycles. The van der Waals surface area contributed by atoms with Crippen molar-refractivity contribution >= 4 is 55.8 Å². The largest absolute Gasteiger partial charge is 0.342 e. The predicted octanol–water partition coefficient (Wildman–Crippen LogP) is 4.80. The quantitative estimate of drug-likeness (QED) is 0.421. The summed E-state index contributed by atoms with van der Waals surface area (Å²) in [6, 6.07) is 9.38. The number of nitrogens with one attached hydrogen (secondary N) is 2. The van der Waals surface area contributed by atoms with Crippen molar-refractivity contribution in [3.63, 3.8) is 0 Å². The van der Waals surface area contributed by atoms with Gasteiger partial charge in [-0.05, 0) is 52.5 Å². The van der Waals surface area contributed by atoms with Gasteiger partial charge in [0.15, 0.2) is 0 Å². The highest BCUT2D eigenvalue weighted by Gasteiger charge is 2.18. The fraction of sp³-hybridized carbons (Fsp3) is 0.333. The molecule has 178 valence electrons. The van der Waals surface area contributed by atoms with Crippen LogP contribution in [0.3, 0.4) is 0 Å². The zero-order valence-electron chi connectivity index (χ0n) is 19.1. The van der Waals surface area contributed by atoms with Gasteiger partial charge in [0.1, 0.15) is 5.82 Å². The number of hydrogen-bond acceptors (Lipinski definition) is 7. The van der Waals surface area contributed by atoms with E-state index >= 15 is 0 Å². The Morgan fingerprint density at radius 1 is 1.15 bits per heavy atom.